The molecule has 0 saturated heterocycles. The van der Waals surface area contributed by atoms with Gasteiger partial charge in [0, 0.05) is 25.0 Å². The zero-order valence-corrected chi connectivity index (χ0v) is 10.1. The first kappa shape index (κ1) is 11.3. The molecule has 0 bridgehead atoms. The van der Waals surface area contributed by atoms with Crippen LogP contribution in [-0.4, -0.2) is 30.8 Å². The first-order chi connectivity index (χ1) is 9.15. The fourth-order valence-electron chi connectivity index (χ4n) is 1.96. The number of hydrogen-bond acceptors (Lipinski definition) is 4. The average Bonchev–Trinajstić information content (AvgIpc) is 2.80. The summed E-state index contributed by atoms with van der Waals surface area (Å²) in [6.07, 6.45) is 3.26. The summed E-state index contributed by atoms with van der Waals surface area (Å²) >= 11 is 0. The van der Waals surface area contributed by atoms with Gasteiger partial charge in [-0.3, -0.25) is 14.6 Å². The van der Waals surface area contributed by atoms with E-state index in [4.69, 9.17) is 5.11 Å². The average molecular weight is 254 g/mol. The first-order valence-electron chi connectivity index (χ1n) is 5.63. The maximum Gasteiger partial charge on any atom is 0.356 e. The Labute approximate surface area is 108 Å². The van der Waals surface area contributed by atoms with Gasteiger partial charge in [0.15, 0.2) is 5.69 Å². The van der Waals surface area contributed by atoms with Crippen molar-refractivity contribution in [2.75, 3.05) is 0 Å². The fraction of sp³-hybridized carbons (Fsp3) is 0.0769. The van der Waals surface area contributed by atoms with Crippen molar-refractivity contribution in [1.29, 1.82) is 0 Å². The number of hydrogen-bond donors (Lipinski definition) is 1. The van der Waals surface area contributed by atoms with Gasteiger partial charge in [-0.25, -0.2) is 4.79 Å². The zero-order valence-electron chi connectivity index (χ0n) is 10.1. The van der Waals surface area contributed by atoms with Crippen LogP contribution in [0.5, 0.6) is 0 Å². The molecule has 0 radical (unpaired) electrons. The van der Waals surface area contributed by atoms with Crippen LogP contribution in [0.1, 0.15) is 10.5 Å². The van der Waals surface area contributed by atoms with Gasteiger partial charge in [-0.2, -0.15) is 5.10 Å². The van der Waals surface area contributed by atoms with Crippen LogP contribution < -0.4 is 0 Å². The smallest absolute Gasteiger partial charge is 0.356 e. The van der Waals surface area contributed by atoms with Crippen molar-refractivity contribution < 1.29 is 9.90 Å². The number of carbonyl (C=O) groups is 1. The lowest BCUT2D eigenvalue weighted by atomic mass is 10.1. The van der Waals surface area contributed by atoms with Crippen molar-refractivity contribution in [1.82, 2.24) is 19.7 Å². The molecular formula is C13H10N4O2. The number of rotatable bonds is 2. The predicted octanol–water partition coefficient (Wildman–Crippen LogP) is 1.73. The molecule has 0 fully saturated rings. The monoisotopic (exact) mass is 254 g/mol. The number of nitrogens with zero attached hydrogens (tertiary/aromatic N) is 4. The van der Waals surface area contributed by atoms with E-state index in [0.717, 1.165) is 22.3 Å². The lowest BCUT2D eigenvalue weighted by molar-refractivity contribution is 0.0689. The second-order valence-corrected chi connectivity index (χ2v) is 4.10. The van der Waals surface area contributed by atoms with Crippen molar-refractivity contribution in [2.24, 2.45) is 7.05 Å². The van der Waals surface area contributed by atoms with Gasteiger partial charge in [0.2, 0.25) is 0 Å². The van der Waals surface area contributed by atoms with Gasteiger partial charge in [0.25, 0.3) is 0 Å². The summed E-state index contributed by atoms with van der Waals surface area (Å²) in [4.78, 5) is 19.3. The number of benzene rings is 1. The van der Waals surface area contributed by atoms with Crippen LogP contribution in [-0.2, 0) is 7.05 Å². The largest absolute Gasteiger partial charge is 0.476 e. The van der Waals surface area contributed by atoms with E-state index in [1.54, 1.807) is 30.2 Å². The van der Waals surface area contributed by atoms with Gasteiger partial charge in [0.05, 0.1) is 16.7 Å². The third-order valence-corrected chi connectivity index (χ3v) is 2.86. The predicted molar refractivity (Wildman–Crippen MR) is 68.7 cm³/mol. The summed E-state index contributed by atoms with van der Waals surface area (Å²) in [5.74, 6) is -1.04. The Morgan fingerprint density at radius 1 is 1.16 bits per heavy atom. The van der Waals surface area contributed by atoms with E-state index in [-0.39, 0.29) is 5.69 Å². The summed E-state index contributed by atoms with van der Waals surface area (Å²) in [6.45, 7) is 0. The van der Waals surface area contributed by atoms with Crippen molar-refractivity contribution in [2.45, 2.75) is 0 Å². The molecule has 1 N–H and O–H groups in total. The molecule has 3 rings (SSSR count). The lowest BCUT2D eigenvalue weighted by Gasteiger charge is -2.02. The summed E-state index contributed by atoms with van der Waals surface area (Å²) in [5.41, 5.74) is 3.17. The molecule has 6 heteroatoms. The number of carboxylic acids is 1. The second kappa shape index (κ2) is 4.16. The number of aryl methyl sites for hydroxylation is 1. The van der Waals surface area contributed by atoms with Crippen LogP contribution >= 0.6 is 0 Å². The first-order valence-corrected chi connectivity index (χ1v) is 5.63. The highest BCUT2D eigenvalue weighted by Crippen LogP contribution is 2.22. The summed E-state index contributed by atoms with van der Waals surface area (Å²) in [7, 11) is 1.71. The van der Waals surface area contributed by atoms with E-state index in [2.05, 4.69) is 15.1 Å². The topological polar surface area (TPSA) is 80.9 Å². The van der Waals surface area contributed by atoms with Gasteiger partial charge in [0.1, 0.15) is 0 Å². The standard InChI is InChI=1S/C13H10N4O2/c1-17-12(7-11(16-17)13(18)19)8-2-3-9-10(6-8)15-5-4-14-9/h2-7H,1H3,(H,18,19). The van der Waals surface area contributed by atoms with Crippen LogP contribution in [0, 0.1) is 0 Å². The maximum atomic E-state index is 10.9. The molecule has 2 aromatic heterocycles. The molecule has 94 valence electrons. The van der Waals surface area contributed by atoms with E-state index in [9.17, 15) is 4.79 Å². The highest BCUT2D eigenvalue weighted by Gasteiger charge is 2.12. The Kier molecular flexibility index (Phi) is 2.49. The van der Waals surface area contributed by atoms with Crippen LogP contribution in [0.4, 0.5) is 0 Å². The Morgan fingerprint density at radius 3 is 2.58 bits per heavy atom. The molecule has 0 spiro atoms. The van der Waals surface area contributed by atoms with Crippen molar-refractivity contribution in [3.8, 4) is 11.3 Å². The minimum absolute atomic E-state index is 0.0248. The third-order valence-electron chi connectivity index (χ3n) is 2.86. The number of carboxylic acid groups (broad SMARTS) is 1. The SMILES string of the molecule is Cn1nc(C(=O)O)cc1-c1ccc2nccnc2c1. The minimum atomic E-state index is -1.04. The van der Waals surface area contributed by atoms with Gasteiger partial charge < -0.3 is 5.11 Å². The summed E-state index contributed by atoms with van der Waals surface area (Å²) in [5, 5.41) is 12.9. The van der Waals surface area contributed by atoms with Crippen molar-refractivity contribution in [3.05, 3.63) is 42.4 Å². The van der Waals surface area contributed by atoms with Gasteiger partial charge in [-0.05, 0) is 18.2 Å². The number of aromatic nitrogens is 4. The molecular weight excluding hydrogens is 244 g/mol. The fourth-order valence-corrected chi connectivity index (χ4v) is 1.96. The van der Waals surface area contributed by atoms with Crippen LogP contribution in [0.15, 0.2) is 36.7 Å². The van der Waals surface area contributed by atoms with Gasteiger partial charge in [-0.15, -0.1) is 0 Å². The maximum absolute atomic E-state index is 10.9. The Hall–Kier alpha value is -2.76. The molecule has 0 unspecified atom stereocenters. The molecule has 6 nitrogen and oxygen atoms in total. The number of aromatic carboxylic acids is 1. The number of fused-ring (bicyclic) bond motifs is 1. The van der Waals surface area contributed by atoms with Gasteiger partial charge >= 0.3 is 5.97 Å². The molecule has 0 aliphatic carbocycles. The molecule has 3 aromatic rings. The molecule has 0 saturated carbocycles. The van der Waals surface area contributed by atoms with E-state index in [0.29, 0.717) is 0 Å². The van der Waals surface area contributed by atoms with E-state index in [1.807, 2.05) is 18.2 Å². The molecule has 0 atom stereocenters. The molecule has 19 heavy (non-hydrogen) atoms. The summed E-state index contributed by atoms with van der Waals surface area (Å²) in [6, 6.07) is 7.13. The van der Waals surface area contributed by atoms with Crippen molar-refractivity contribution >= 4 is 17.0 Å². The molecule has 0 aliphatic rings. The normalized spacial score (nSPS) is 10.8. The molecule has 2 heterocycles. The lowest BCUT2D eigenvalue weighted by Crippen LogP contribution is -1.99. The van der Waals surface area contributed by atoms with Gasteiger partial charge in [-0.1, -0.05) is 6.07 Å². The Morgan fingerprint density at radius 2 is 1.89 bits per heavy atom. The summed E-state index contributed by atoms with van der Waals surface area (Å²) < 4.78 is 1.54. The molecule has 0 amide bonds. The minimum Gasteiger partial charge on any atom is -0.476 e. The van der Waals surface area contributed by atoms with E-state index in [1.165, 1.54) is 0 Å². The Bertz CT molecular complexity index is 779. The highest BCUT2D eigenvalue weighted by atomic mass is 16.4. The van der Waals surface area contributed by atoms with Crippen LogP contribution in [0.2, 0.25) is 0 Å². The van der Waals surface area contributed by atoms with Crippen LogP contribution in [0.25, 0.3) is 22.3 Å². The van der Waals surface area contributed by atoms with Crippen LogP contribution in [0.3, 0.4) is 0 Å². The zero-order chi connectivity index (χ0) is 13.4. The third kappa shape index (κ3) is 1.93. The Balaban J connectivity index is 2.16. The molecule has 0 aliphatic heterocycles. The molecule has 1 aromatic carbocycles. The van der Waals surface area contributed by atoms with E-state index < -0.39 is 5.97 Å². The van der Waals surface area contributed by atoms with E-state index >= 15 is 0 Å². The van der Waals surface area contributed by atoms with Crippen molar-refractivity contribution in [3.63, 3.8) is 0 Å². The second-order valence-electron chi connectivity index (χ2n) is 4.10. The highest BCUT2D eigenvalue weighted by molar-refractivity contribution is 5.88. The quantitative estimate of drug-likeness (QED) is 0.753.